The molecule has 2 heterocycles. The van der Waals surface area contributed by atoms with Crippen LogP contribution >= 0.6 is 0 Å². The van der Waals surface area contributed by atoms with Gasteiger partial charge in [-0.1, -0.05) is 30.3 Å². The van der Waals surface area contributed by atoms with Crippen LogP contribution < -0.4 is 4.74 Å². The number of rotatable bonds is 3. The molecule has 0 amide bonds. The van der Waals surface area contributed by atoms with Crippen LogP contribution in [0, 0.1) is 6.92 Å². The number of ether oxygens (including phenoxy) is 1. The second-order valence-corrected chi connectivity index (χ2v) is 7.54. The molecule has 0 radical (unpaired) electrons. The summed E-state index contributed by atoms with van der Waals surface area (Å²) in [7, 11) is 1.73. The Morgan fingerprint density at radius 2 is 1.89 bits per heavy atom. The van der Waals surface area contributed by atoms with Gasteiger partial charge in [-0.05, 0) is 59.9 Å². The summed E-state index contributed by atoms with van der Waals surface area (Å²) in [6, 6.07) is 19.5. The second kappa shape index (κ2) is 6.43. The van der Waals surface area contributed by atoms with Crippen LogP contribution in [0.15, 0.2) is 54.6 Å². The Morgan fingerprint density at radius 1 is 1.04 bits per heavy atom. The smallest absolute Gasteiger partial charge is 0.119 e. The fraction of sp³-hybridized carbons (Fsp3) is 0.250. The fourth-order valence-corrected chi connectivity index (χ4v) is 4.47. The van der Waals surface area contributed by atoms with Gasteiger partial charge in [-0.25, -0.2) is 0 Å². The highest BCUT2D eigenvalue weighted by atomic mass is 16.5. The first kappa shape index (κ1) is 16.4. The van der Waals surface area contributed by atoms with Crippen molar-refractivity contribution in [1.29, 1.82) is 0 Å². The van der Waals surface area contributed by atoms with Crippen LogP contribution in [-0.2, 0) is 19.5 Å². The Balaban J connectivity index is 1.57. The van der Waals surface area contributed by atoms with E-state index in [2.05, 4.69) is 65.3 Å². The number of aryl methyl sites for hydroxylation is 1. The first-order chi connectivity index (χ1) is 13.2. The summed E-state index contributed by atoms with van der Waals surface area (Å²) in [4.78, 5) is 6.18. The average Bonchev–Trinajstić information content (AvgIpc) is 3.07. The highest BCUT2D eigenvalue weighted by molar-refractivity contribution is 6.09. The van der Waals surface area contributed by atoms with Gasteiger partial charge in [0, 0.05) is 41.4 Å². The van der Waals surface area contributed by atoms with Crippen molar-refractivity contribution in [2.75, 3.05) is 13.7 Å². The molecular formula is C24H24N2O. The molecule has 0 bridgehead atoms. The summed E-state index contributed by atoms with van der Waals surface area (Å²) in [6.45, 7) is 5.40. The zero-order valence-electron chi connectivity index (χ0n) is 15.9. The molecule has 0 atom stereocenters. The third-order valence-corrected chi connectivity index (χ3v) is 5.90. The van der Waals surface area contributed by atoms with Crippen LogP contribution in [0.2, 0.25) is 0 Å². The van der Waals surface area contributed by atoms with Crippen molar-refractivity contribution in [3.8, 4) is 5.75 Å². The summed E-state index contributed by atoms with van der Waals surface area (Å²) >= 11 is 0. The molecule has 0 saturated carbocycles. The summed E-state index contributed by atoms with van der Waals surface area (Å²) in [5.74, 6) is 0.907. The van der Waals surface area contributed by atoms with E-state index in [1.807, 2.05) is 6.07 Å². The number of hydrogen-bond acceptors (Lipinski definition) is 2. The maximum absolute atomic E-state index is 5.44. The standard InChI is InChI=1S/C24H24N2O/c1-16-20-10-11-26(14-17-6-4-3-5-7-17)15-18(20)12-22-21-13-19(27-2)8-9-23(21)25-24(16)22/h3-9,12-13,25H,10-11,14-15H2,1-2H3. The number of aromatic amines is 1. The van der Waals surface area contributed by atoms with Gasteiger partial charge in [-0.15, -0.1) is 0 Å². The molecule has 1 aliphatic heterocycles. The highest BCUT2D eigenvalue weighted by Crippen LogP contribution is 2.35. The molecule has 4 aromatic rings. The molecule has 27 heavy (non-hydrogen) atoms. The predicted octanol–water partition coefficient (Wildman–Crippen LogP) is 5.20. The predicted molar refractivity (Wildman–Crippen MR) is 111 cm³/mol. The van der Waals surface area contributed by atoms with Gasteiger partial charge in [0.25, 0.3) is 0 Å². The van der Waals surface area contributed by atoms with Crippen molar-refractivity contribution in [3.63, 3.8) is 0 Å². The number of nitrogens with zero attached hydrogens (tertiary/aromatic N) is 1. The van der Waals surface area contributed by atoms with Crippen molar-refractivity contribution < 1.29 is 4.74 Å². The highest BCUT2D eigenvalue weighted by Gasteiger charge is 2.21. The van der Waals surface area contributed by atoms with Crippen molar-refractivity contribution in [2.45, 2.75) is 26.4 Å². The number of hydrogen-bond donors (Lipinski definition) is 1. The van der Waals surface area contributed by atoms with Crippen molar-refractivity contribution >= 4 is 21.8 Å². The quantitative estimate of drug-likeness (QED) is 0.547. The minimum atomic E-state index is 0.907. The van der Waals surface area contributed by atoms with Crippen LogP contribution in [0.5, 0.6) is 5.75 Å². The minimum Gasteiger partial charge on any atom is -0.497 e. The minimum absolute atomic E-state index is 0.907. The van der Waals surface area contributed by atoms with Gasteiger partial charge in [0.15, 0.2) is 0 Å². The first-order valence-corrected chi connectivity index (χ1v) is 9.60. The molecule has 0 saturated heterocycles. The lowest BCUT2D eigenvalue weighted by Crippen LogP contribution is -2.30. The third kappa shape index (κ3) is 2.79. The number of benzene rings is 3. The third-order valence-electron chi connectivity index (χ3n) is 5.90. The van der Waals surface area contributed by atoms with Gasteiger partial charge in [-0.2, -0.15) is 0 Å². The molecule has 1 aromatic heterocycles. The van der Waals surface area contributed by atoms with Crippen molar-refractivity contribution in [1.82, 2.24) is 9.88 Å². The van der Waals surface area contributed by atoms with Crippen LogP contribution in [0.1, 0.15) is 22.3 Å². The molecule has 0 fully saturated rings. The SMILES string of the molecule is COc1ccc2[nH]c3c(C)c4c(cc3c2c1)CN(Cc1ccccc1)CC4. The Bertz CT molecular complexity index is 1130. The van der Waals surface area contributed by atoms with E-state index in [4.69, 9.17) is 4.74 Å². The number of fused-ring (bicyclic) bond motifs is 4. The van der Waals surface area contributed by atoms with Crippen molar-refractivity contribution in [2.24, 2.45) is 0 Å². The second-order valence-electron chi connectivity index (χ2n) is 7.54. The van der Waals surface area contributed by atoms with E-state index in [1.54, 1.807) is 7.11 Å². The Hall–Kier alpha value is -2.78. The molecule has 0 spiro atoms. The monoisotopic (exact) mass is 356 g/mol. The molecule has 1 aliphatic rings. The zero-order valence-corrected chi connectivity index (χ0v) is 15.9. The summed E-state index contributed by atoms with van der Waals surface area (Å²) in [5, 5.41) is 2.55. The lowest BCUT2D eigenvalue weighted by atomic mass is 9.92. The Morgan fingerprint density at radius 3 is 2.70 bits per heavy atom. The Labute approximate surface area is 159 Å². The molecule has 0 aliphatic carbocycles. The van der Waals surface area contributed by atoms with E-state index in [9.17, 15) is 0 Å². The molecule has 5 rings (SSSR count). The van der Waals surface area contributed by atoms with E-state index in [1.165, 1.54) is 44.1 Å². The molecule has 1 N–H and O–H groups in total. The van der Waals surface area contributed by atoms with Gasteiger partial charge < -0.3 is 9.72 Å². The van der Waals surface area contributed by atoms with E-state index in [0.717, 1.165) is 31.8 Å². The van der Waals surface area contributed by atoms with Crippen LogP contribution in [0.25, 0.3) is 21.8 Å². The zero-order chi connectivity index (χ0) is 18.4. The topological polar surface area (TPSA) is 28.3 Å². The molecule has 3 heteroatoms. The van der Waals surface area contributed by atoms with E-state index in [0.29, 0.717) is 0 Å². The van der Waals surface area contributed by atoms with Gasteiger partial charge in [0.05, 0.1) is 7.11 Å². The van der Waals surface area contributed by atoms with Gasteiger partial charge in [0.2, 0.25) is 0 Å². The normalized spacial score (nSPS) is 14.6. The fourth-order valence-electron chi connectivity index (χ4n) is 4.47. The molecule has 136 valence electrons. The number of H-pyrrole nitrogens is 1. The first-order valence-electron chi connectivity index (χ1n) is 9.60. The maximum Gasteiger partial charge on any atom is 0.119 e. The van der Waals surface area contributed by atoms with Crippen LogP contribution in [0.3, 0.4) is 0 Å². The lowest BCUT2D eigenvalue weighted by Gasteiger charge is -2.30. The Kier molecular flexibility index (Phi) is 3.91. The molecule has 3 nitrogen and oxygen atoms in total. The molecule has 0 unspecified atom stereocenters. The van der Waals surface area contributed by atoms with Crippen LogP contribution in [0.4, 0.5) is 0 Å². The summed E-state index contributed by atoms with van der Waals surface area (Å²) < 4.78 is 5.44. The van der Waals surface area contributed by atoms with Gasteiger partial charge in [0.1, 0.15) is 5.75 Å². The maximum atomic E-state index is 5.44. The van der Waals surface area contributed by atoms with Gasteiger partial charge >= 0.3 is 0 Å². The average molecular weight is 356 g/mol. The molecular weight excluding hydrogens is 332 g/mol. The van der Waals surface area contributed by atoms with E-state index >= 15 is 0 Å². The summed E-state index contributed by atoms with van der Waals surface area (Å²) in [5.41, 5.74) is 8.22. The number of aromatic nitrogens is 1. The van der Waals surface area contributed by atoms with Crippen LogP contribution in [-0.4, -0.2) is 23.5 Å². The van der Waals surface area contributed by atoms with E-state index in [-0.39, 0.29) is 0 Å². The van der Waals surface area contributed by atoms with E-state index < -0.39 is 0 Å². The lowest BCUT2D eigenvalue weighted by molar-refractivity contribution is 0.245. The van der Waals surface area contributed by atoms with Gasteiger partial charge in [-0.3, -0.25) is 4.90 Å². The molecule has 3 aromatic carbocycles. The largest absolute Gasteiger partial charge is 0.497 e. The van der Waals surface area contributed by atoms with Crippen molar-refractivity contribution in [3.05, 3.63) is 76.9 Å². The number of methoxy groups -OCH3 is 1. The number of nitrogens with one attached hydrogen (secondary N) is 1. The summed E-state index contributed by atoms with van der Waals surface area (Å²) in [6.07, 6.45) is 1.11.